The molecule has 3 unspecified atom stereocenters. The summed E-state index contributed by atoms with van der Waals surface area (Å²) in [7, 11) is 0. The number of amides is 1. The van der Waals surface area contributed by atoms with Crippen LogP contribution in [-0.4, -0.2) is 41.4 Å². The second-order valence-electron chi connectivity index (χ2n) is 6.71. The number of nitrogens with zero attached hydrogens (tertiary/aromatic N) is 1. The van der Waals surface area contributed by atoms with Crippen molar-refractivity contribution in [3.05, 3.63) is 0 Å². The maximum Gasteiger partial charge on any atom is 0.254 e. The highest BCUT2D eigenvalue weighted by molar-refractivity contribution is 5.88. The molecule has 20 heavy (non-hydrogen) atoms. The van der Waals surface area contributed by atoms with Gasteiger partial charge in [-0.3, -0.25) is 9.59 Å². The third-order valence-electron chi connectivity index (χ3n) is 5.30. The van der Waals surface area contributed by atoms with E-state index in [-0.39, 0.29) is 17.9 Å². The Balaban J connectivity index is 1.78. The van der Waals surface area contributed by atoms with Crippen molar-refractivity contribution in [1.82, 2.24) is 4.90 Å². The molecule has 0 bridgehead atoms. The summed E-state index contributed by atoms with van der Waals surface area (Å²) in [6, 6.07) is 0.132. The lowest BCUT2D eigenvalue weighted by atomic mass is 9.86. The Morgan fingerprint density at radius 1 is 1.25 bits per heavy atom. The second kappa shape index (κ2) is 5.47. The molecule has 2 saturated heterocycles. The summed E-state index contributed by atoms with van der Waals surface area (Å²) >= 11 is 0. The number of hydrogen-bond donors (Lipinski definition) is 0. The highest BCUT2D eigenvalue weighted by atomic mass is 16.5. The number of rotatable bonds is 2. The zero-order chi connectivity index (χ0) is 14.2. The smallest absolute Gasteiger partial charge is 0.254 e. The molecule has 4 nitrogen and oxygen atoms in total. The molecule has 2 heterocycles. The highest BCUT2D eigenvalue weighted by Gasteiger charge is 2.46. The summed E-state index contributed by atoms with van der Waals surface area (Å²) in [5, 5.41) is 0. The molecule has 1 amide bonds. The van der Waals surface area contributed by atoms with Gasteiger partial charge in [0.15, 0.2) is 0 Å². The van der Waals surface area contributed by atoms with E-state index in [9.17, 15) is 9.59 Å². The van der Waals surface area contributed by atoms with Crippen molar-refractivity contribution in [2.45, 2.75) is 69.9 Å². The molecule has 3 aliphatic rings. The van der Waals surface area contributed by atoms with Crippen molar-refractivity contribution in [1.29, 1.82) is 0 Å². The molecule has 1 saturated carbocycles. The standard InChI is InChI=1S/C16H25NO3/c1-16(9-5-11-20-16)15(19)17-10-3-2-7-13(17)12-6-4-8-14(12)18/h12-13H,2-11H2,1H3. The van der Waals surface area contributed by atoms with E-state index >= 15 is 0 Å². The van der Waals surface area contributed by atoms with Crippen LogP contribution in [-0.2, 0) is 14.3 Å². The van der Waals surface area contributed by atoms with Crippen LogP contribution >= 0.6 is 0 Å². The van der Waals surface area contributed by atoms with E-state index in [1.165, 1.54) is 0 Å². The third kappa shape index (κ3) is 2.39. The van der Waals surface area contributed by atoms with Gasteiger partial charge in [-0.05, 0) is 51.9 Å². The molecule has 0 spiro atoms. The lowest BCUT2D eigenvalue weighted by Crippen LogP contribution is -2.55. The molecule has 0 aromatic carbocycles. The van der Waals surface area contributed by atoms with Crippen LogP contribution in [0.25, 0.3) is 0 Å². The van der Waals surface area contributed by atoms with Gasteiger partial charge in [0.05, 0.1) is 0 Å². The van der Waals surface area contributed by atoms with Crippen molar-refractivity contribution in [2.75, 3.05) is 13.2 Å². The van der Waals surface area contributed by atoms with Crippen LogP contribution in [0.4, 0.5) is 0 Å². The Hall–Kier alpha value is -0.900. The molecular weight excluding hydrogens is 254 g/mol. The first-order chi connectivity index (χ1) is 9.62. The molecule has 0 aromatic heterocycles. The van der Waals surface area contributed by atoms with Gasteiger partial charge >= 0.3 is 0 Å². The first-order valence-corrected chi connectivity index (χ1v) is 8.09. The lowest BCUT2D eigenvalue weighted by molar-refractivity contribution is -0.156. The van der Waals surface area contributed by atoms with E-state index in [0.29, 0.717) is 18.8 Å². The van der Waals surface area contributed by atoms with Gasteiger partial charge in [0.25, 0.3) is 5.91 Å². The van der Waals surface area contributed by atoms with Gasteiger partial charge in [-0.25, -0.2) is 0 Å². The number of likely N-dealkylation sites (tertiary alicyclic amines) is 1. The van der Waals surface area contributed by atoms with E-state index < -0.39 is 5.60 Å². The topological polar surface area (TPSA) is 46.6 Å². The van der Waals surface area contributed by atoms with Crippen molar-refractivity contribution in [3.8, 4) is 0 Å². The normalized spacial score (nSPS) is 38.5. The fourth-order valence-electron chi connectivity index (χ4n) is 4.13. The van der Waals surface area contributed by atoms with E-state index in [4.69, 9.17) is 4.74 Å². The summed E-state index contributed by atoms with van der Waals surface area (Å²) in [5.41, 5.74) is -0.642. The fraction of sp³-hybridized carbons (Fsp3) is 0.875. The molecule has 0 N–H and O–H groups in total. The maximum atomic E-state index is 12.9. The van der Waals surface area contributed by atoms with Crippen LogP contribution in [0.3, 0.4) is 0 Å². The van der Waals surface area contributed by atoms with Crippen molar-refractivity contribution in [2.24, 2.45) is 5.92 Å². The Kier molecular flexibility index (Phi) is 3.85. The van der Waals surface area contributed by atoms with Gasteiger partial charge in [-0.15, -0.1) is 0 Å². The number of ketones is 1. The average molecular weight is 279 g/mol. The zero-order valence-corrected chi connectivity index (χ0v) is 12.4. The number of carbonyl (C=O) groups excluding carboxylic acids is 2. The van der Waals surface area contributed by atoms with E-state index in [2.05, 4.69) is 0 Å². The van der Waals surface area contributed by atoms with E-state index in [1.54, 1.807) is 0 Å². The van der Waals surface area contributed by atoms with Crippen molar-refractivity contribution in [3.63, 3.8) is 0 Å². The summed E-state index contributed by atoms with van der Waals surface area (Å²) in [6.07, 6.45) is 7.61. The van der Waals surface area contributed by atoms with Crippen molar-refractivity contribution < 1.29 is 14.3 Å². The van der Waals surface area contributed by atoms with Gasteiger partial charge in [-0.2, -0.15) is 0 Å². The molecule has 3 rings (SSSR count). The molecule has 2 aliphatic heterocycles. The number of carbonyl (C=O) groups is 2. The molecule has 1 aliphatic carbocycles. The quantitative estimate of drug-likeness (QED) is 0.779. The van der Waals surface area contributed by atoms with Gasteiger partial charge in [-0.1, -0.05) is 0 Å². The number of hydrogen-bond acceptors (Lipinski definition) is 3. The second-order valence-corrected chi connectivity index (χ2v) is 6.71. The molecule has 112 valence electrons. The van der Waals surface area contributed by atoms with E-state index in [1.807, 2.05) is 11.8 Å². The van der Waals surface area contributed by atoms with Crippen LogP contribution in [0.1, 0.15) is 58.3 Å². The summed E-state index contributed by atoms with van der Waals surface area (Å²) in [4.78, 5) is 26.9. The van der Waals surface area contributed by atoms with Crippen LogP contribution < -0.4 is 0 Å². The van der Waals surface area contributed by atoms with Gasteiger partial charge in [0.2, 0.25) is 0 Å². The summed E-state index contributed by atoms with van der Waals surface area (Å²) in [5.74, 6) is 0.579. The number of piperidine rings is 1. The van der Waals surface area contributed by atoms with Gasteiger partial charge in [0, 0.05) is 31.5 Å². The van der Waals surface area contributed by atoms with E-state index in [0.717, 1.165) is 51.5 Å². The number of Topliss-reactive ketones (excluding diaryl/α,β-unsaturated/α-hetero) is 1. The maximum absolute atomic E-state index is 12.9. The molecule has 3 fully saturated rings. The number of ether oxygens (including phenoxy) is 1. The predicted molar refractivity (Wildman–Crippen MR) is 75.3 cm³/mol. The molecule has 0 aromatic rings. The Morgan fingerprint density at radius 2 is 2.10 bits per heavy atom. The Labute approximate surface area is 120 Å². The third-order valence-corrected chi connectivity index (χ3v) is 5.30. The predicted octanol–water partition coefficient (Wildman–Crippen LogP) is 2.31. The summed E-state index contributed by atoms with van der Waals surface area (Å²) < 4.78 is 5.72. The first kappa shape index (κ1) is 14.1. The molecular formula is C16H25NO3. The molecule has 0 radical (unpaired) electrons. The summed E-state index contributed by atoms with van der Waals surface area (Å²) in [6.45, 7) is 3.40. The Bertz CT molecular complexity index is 401. The average Bonchev–Trinajstić information content (AvgIpc) is 3.08. The molecule has 4 heteroatoms. The fourth-order valence-corrected chi connectivity index (χ4v) is 4.13. The highest BCUT2D eigenvalue weighted by Crippen LogP contribution is 2.36. The minimum atomic E-state index is -0.642. The first-order valence-electron chi connectivity index (χ1n) is 8.09. The minimum Gasteiger partial charge on any atom is -0.365 e. The zero-order valence-electron chi connectivity index (χ0n) is 12.4. The largest absolute Gasteiger partial charge is 0.365 e. The van der Waals surface area contributed by atoms with Crippen molar-refractivity contribution >= 4 is 11.7 Å². The van der Waals surface area contributed by atoms with Crippen LogP contribution in [0.5, 0.6) is 0 Å². The van der Waals surface area contributed by atoms with Gasteiger partial charge in [0.1, 0.15) is 11.4 Å². The lowest BCUT2D eigenvalue weighted by Gasteiger charge is -2.42. The monoisotopic (exact) mass is 279 g/mol. The van der Waals surface area contributed by atoms with Crippen LogP contribution in [0, 0.1) is 5.92 Å². The SMILES string of the molecule is CC1(C(=O)N2CCCCC2C2CCCC2=O)CCCO1. The molecule has 3 atom stereocenters. The van der Waals surface area contributed by atoms with Crippen LogP contribution in [0.15, 0.2) is 0 Å². The van der Waals surface area contributed by atoms with Gasteiger partial charge < -0.3 is 9.64 Å². The minimum absolute atomic E-state index is 0.0873. The Morgan fingerprint density at radius 3 is 2.75 bits per heavy atom. The van der Waals surface area contributed by atoms with Crippen LogP contribution in [0.2, 0.25) is 0 Å².